The van der Waals surface area contributed by atoms with Gasteiger partial charge in [0.2, 0.25) is 0 Å². The van der Waals surface area contributed by atoms with Gasteiger partial charge < -0.3 is 5.11 Å². The highest BCUT2D eigenvalue weighted by Gasteiger charge is 2.31. The molecule has 0 spiro atoms. The summed E-state index contributed by atoms with van der Waals surface area (Å²) in [7, 11) is 0. The number of aliphatic hydroxyl groups excluding tert-OH is 1. The molecule has 1 aliphatic rings. The molecule has 0 fully saturated rings. The minimum atomic E-state index is -0.426. The van der Waals surface area contributed by atoms with E-state index >= 15 is 0 Å². The van der Waals surface area contributed by atoms with Crippen LogP contribution in [0.25, 0.3) is 0 Å². The van der Waals surface area contributed by atoms with Gasteiger partial charge in [-0.2, -0.15) is 0 Å². The summed E-state index contributed by atoms with van der Waals surface area (Å²) >= 11 is 1.66. The first kappa shape index (κ1) is 14.2. The quantitative estimate of drug-likeness (QED) is 0.622. The van der Waals surface area contributed by atoms with Crippen molar-refractivity contribution in [3.8, 4) is 0 Å². The molecule has 0 aromatic heterocycles. The zero-order valence-corrected chi connectivity index (χ0v) is 11.8. The van der Waals surface area contributed by atoms with E-state index in [4.69, 9.17) is 0 Å². The summed E-state index contributed by atoms with van der Waals surface area (Å²) in [6, 6.07) is 10.1. The second-order valence-electron chi connectivity index (χ2n) is 4.76. The van der Waals surface area contributed by atoms with E-state index in [0.717, 1.165) is 11.3 Å². The number of hydrogen-bond acceptors (Lipinski definition) is 2. The molecule has 0 saturated carbocycles. The lowest BCUT2D eigenvalue weighted by atomic mass is 9.89. The molecule has 2 heteroatoms. The van der Waals surface area contributed by atoms with Gasteiger partial charge in [0.1, 0.15) is 0 Å². The molecule has 2 rings (SSSR count). The van der Waals surface area contributed by atoms with Crippen LogP contribution in [0.2, 0.25) is 0 Å². The lowest BCUT2D eigenvalue weighted by Crippen LogP contribution is -2.31. The van der Waals surface area contributed by atoms with E-state index in [9.17, 15) is 5.11 Å². The first-order valence-electron chi connectivity index (χ1n) is 6.58. The fraction of sp³-hybridized carbons (Fsp3) is 0.294. The van der Waals surface area contributed by atoms with Crippen molar-refractivity contribution in [2.24, 2.45) is 11.8 Å². The van der Waals surface area contributed by atoms with Crippen molar-refractivity contribution in [1.29, 1.82) is 0 Å². The van der Waals surface area contributed by atoms with Gasteiger partial charge in [0.15, 0.2) is 0 Å². The average Bonchev–Trinajstić information content (AvgIpc) is 2.93. The molecule has 1 aromatic carbocycles. The highest BCUT2D eigenvalue weighted by atomic mass is 32.2. The number of hydrogen-bond donors (Lipinski definition) is 1. The molecule has 0 aliphatic heterocycles. The van der Waals surface area contributed by atoms with Crippen LogP contribution >= 0.6 is 11.8 Å². The third kappa shape index (κ3) is 3.40. The van der Waals surface area contributed by atoms with Gasteiger partial charge in [-0.1, -0.05) is 42.5 Å². The maximum absolute atomic E-state index is 10.6. The zero-order valence-electron chi connectivity index (χ0n) is 11.0. The molecule has 0 unspecified atom stereocenters. The monoisotopic (exact) mass is 272 g/mol. The van der Waals surface area contributed by atoms with Crippen LogP contribution in [0.3, 0.4) is 0 Å². The number of thioether (sulfide) groups is 1. The van der Waals surface area contributed by atoms with Gasteiger partial charge in [-0.3, -0.25) is 0 Å². The molecule has 0 saturated heterocycles. The molecule has 1 nitrogen and oxygen atoms in total. The Kier molecular flexibility index (Phi) is 5.06. The molecule has 100 valence electrons. The summed E-state index contributed by atoms with van der Waals surface area (Å²) in [5.74, 6) is 0.491. The predicted molar refractivity (Wildman–Crippen MR) is 83.2 cm³/mol. The van der Waals surface area contributed by atoms with E-state index in [1.807, 2.05) is 30.4 Å². The Morgan fingerprint density at radius 2 is 2.00 bits per heavy atom. The van der Waals surface area contributed by atoms with Crippen molar-refractivity contribution in [1.82, 2.24) is 0 Å². The molecular formula is C17H20OS. The van der Waals surface area contributed by atoms with Gasteiger partial charge in [0, 0.05) is 10.8 Å². The van der Waals surface area contributed by atoms with Crippen LogP contribution < -0.4 is 0 Å². The summed E-state index contributed by atoms with van der Waals surface area (Å²) < 4.78 is 0. The second-order valence-corrected chi connectivity index (χ2v) is 6.01. The van der Waals surface area contributed by atoms with Crippen LogP contribution in [-0.2, 0) is 0 Å². The van der Waals surface area contributed by atoms with E-state index in [0.29, 0.717) is 5.92 Å². The Morgan fingerprint density at radius 3 is 2.63 bits per heavy atom. The van der Waals surface area contributed by atoms with E-state index in [2.05, 4.69) is 37.4 Å². The van der Waals surface area contributed by atoms with E-state index in [1.54, 1.807) is 11.8 Å². The van der Waals surface area contributed by atoms with Crippen LogP contribution in [0.15, 0.2) is 72.7 Å². The minimum absolute atomic E-state index is 0.00222. The Morgan fingerprint density at radius 1 is 1.26 bits per heavy atom. The highest BCUT2D eigenvalue weighted by Crippen LogP contribution is 2.35. The SMILES string of the molecule is C=C[C@H]1CC=C[C@H]1[C@H](O)[C@@H](C=C)Sc1ccccc1. The fourth-order valence-corrected chi connectivity index (χ4v) is 3.49. The van der Waals surface area contributed by atoms with Gasteiger partial charge >= 0.3 is 0 Å². The van der Waals surface area contributed by atoms with Gasteiger partial charge in [0.05, 0.1) is 11.4 Å². The zero-order chi connectivity index (χ0) is 13.7. The van der Waals surface area contributed by atoms with Crippen molar-refractivity contribution in [3.63, 3.8) is 0 Å². The van der Waals surface area contributed by atoms with E-state index in [-0.39, 0.29) is 11.2 Å². The lowest BCUT2D eigenvalue weighted by Gasteiger charge is -2.27. The van der Waals surface area contributed by atoms with Crippen LogP contribution in [0, 0.1) is 11.8 Å². The molecule has 0 radical (unpaired) electrons. The maximum atomic E-state index is 10.6. The Labute approximate surface area is 119 Å². The maximum Gasteiger partial charge on any atom is 0.0765 e. The summed E-state index contributed by atoms with van der Waals surface area (Å²) in [6.45, 7) is 7.73. The topological polar surface area (TPSA) is 20.2 Å². The molecule has 1 aliphatic carbocycles. The summed E-state index contributed by atoms with van der Waals surface area (Å²) in [4.78, 5) is 1.16. The number of benzene rings is 1. The largest absolute Gasteiger partial charge is 0.391 e. The van der Waals surface area contributed by atoms with Crippen LogP contribution in [0.4, 0.5) is 0 Å². The fourth-order valence-electron chi connectivity index (χ4n) is 2.45. The molecular weight excluding hydrogens is 252 g/mol. The molecule has 0 bridgehead atoms. The molecule has 0 heterocycles. The van der Waals surface area contributed by atoms with Crippen LogP contribution in [-0.4, -0.2) is 16.5 Å². The van der Waals surface area contributed by atoms with Gasteiger partial charge in [0.25, 0.3) is 0 Å². The number of allylic oxidation sites excluding steroid dienone is 2. The smallest absolute Gasteiger partial charge is 0.0765 e. The second kappa shape index (κ2) is 6.78. The van der Waals surface area contributed by atoms with Gasteiger partial charge in [-0.05, 0) is 24.5 Å². The Bertz CT molecular complexity index is 452. The molecule has 0 amide bonds. The summed E-state index contributed by atoms with van der Waals surface area (Å²) in [6.07, 6.45) is 8.58. The van der Waals surface area contributed by atoms with Crippen molar-refractivity contribution >= 4 is 11.8 Å². The number of aliphatic hydroxyl groups is 1. The summed E-state index contributed by atoms with van der Waals surface area (Å²) in [5, 5.41) is 10.6. The molecule has 1 aromatic rings. The van der Waals surface area contributed by atoms with E-state index < -0.39 is 6.10 Å². The molecule has 19 heavy (non-hydrogen) atoms. The summed E-state index contributed by atoms with van der Waals surface area (Å²) in [5.41, 5.74) is 0. The first-order chi connectivity index (χ1) is 9.26. The predicted octanol–water partition coefficient (Wildman–Crippen LogP) is 4.07. The molecule has 1 N–H and O–H groups in total. The van der Waals surface area contributed by atoms with Crippen molar-refractivity contribution in [2.45, 2.75) is 22.7 Å². The van der Waals surface area contributed by atoms with Crippen LogP contribution in [0.5, 0.6) is 0 Å². The Hall–Kier alpha value is -1.25. The first-order valence-corrected chi connectivity index (χ1v) is 7.45. The molecule has 4 atom stereocenters. The standard InChI is InChI=1S/C17H20OS/c1-3-13-9-8-12-15(13)17(18)16(4-2)19-14-10-6-5-7-11-14/h3-8,10-13,15-18H,1-2,9H2/t13-,15+,16+,17-/m0/s1. The normalized spacial score (nSPS) is 24.9. The third-order valence-electron chi connectivity index (χ3n) is 3.54. The van der Waals surface area contributed by atoms with E-state index in [1.165, 1.54) is 0 Å². The number of rotatable bonds is 6. The lowest BCUT2D eigenvalue weighted by molar-refractivity contribution is 0.122. The third-order valence-corrected chi connectivity index (χ3v) is 4.83. The highest BCUT2D eigenvalue weighted by molar-refractivity contribution is 8.00. The van der Waals surface area contributed by atoms with Crippen LogP contribution in [0.1, 0.15) is 6.42 Å². The van der Waals surface area contributed by atoms with Crippen molar-refractivity contribution in [2.75, 3.05) is 0 Å². The van der Waals surface area contributed by atoms with Gasteiger partial charge in [-0.15, -0.1) is 24.9 Å². The minimum Gasteiger partial charge on any atom is -0.391 e. The Balaban J connectivity index is 2.07. The average molecular weight is 272 g/mol. The van der Waals surface area contributed by atoms with Gasteiger partial charge in [-0.25, -0.2) is 0 Å². The van der Waals surface area contributed by atoms with Crippen molar-refractivity contribution in [3.05, 3.63) is 67.8 Å². The van der Waals surface area contributed by atoms with Crippen molar-refractivity contribution < 1.29 is 5.11 Å².